The summed E-state index contributed by atoms with van der Waals surface area (Å²) in [4.78, 5) is 66.5. The van der Waals surface area contributed by atoms with Crippen molar-refractivity contribution in [3.8, 4) is 0 Å². The van der Waals surface area contributed by atoms with Crippen molar-refractivity contribution in [3.63, 3.8) is 0 Å². The molecule has 4 amide bonds. The molecule has 3 fully saturated rings. The Bertz CT molecular complexity index is 2150. The number of anilines is 6. The molecule has 3 aromatic rings. The zero-order chi connectivity index (χ0) is 48.8. The highest BCUT2D eigenvalue weighted by atomic mass is 19.1. The Hall–Kier alpha value is -6.44. The summed E-state index contributed by atoms with van der Waals surface area (Å²) in [7, 11) is 0. The van der Waals surface area contributed by atoms with E-state index in [-0.39, 0.29) is 31.7 Å². The monoisotopic (exact) mass is 929 g/mol. The summed E-state index contributed by atoms with van der Waals surface area (Å²) in [5.41, 5.74) is 7.00. The van der Waals surface area contributed by atoms with Crippen LogP contribution >= 0.6 is 0 Å². The maximum atomic E-state index is 14.4. The van der Waals surface area contributed by atoms with Crippen LogP contribution < -0.4 is 36.4 Å². The molecular weight excluding hydrogens is 864 g/mol. The standard InChI is InChI=1S/C18H26FN3O4.C15H22FN3O2.C13H16FN3O2.H2/c1-5-25-16(23)20-13-6-7-15(14(19)12-13)21-8-10-22(11-9-21)17(24)26-18(2,3)4;1-15(2,3)21-14(20)19-8-6-18(7-9-19)13-5-4-11(17)10-12(13)16;1-9(18)13(19)16-10-2-3-12(11(14)8-10)17-6-4-15-5-7-17;/h6-7,12H,5,8-11H2,1-4H3,(H,20,23);4-5,10H,6-9,17H2,1-3H3;2-3,8,15H,4-7H2,1H3,(H,16,19);1H. The van der Waals surface area contributed by atoms with Crippen molar-refractivity contribution < 1.29 is 52.8 Å². The Labute approximate surface area is 386 Å². The van der Waals surface area contributed by atoms with Crippen LogP contribution in [0.1, 0.15) is 56.8 Å². The van der Waals surface area contributed by atoms with E-state index in [1.807, 2.05) is 56.2 Å². The number of benzene rings is 3. The summed E-state index contributed by atoms with van der Waals surface area (Å²) in [6, 6.07) is 13.6. The minimum absolute atomic E-state index is 0. The average Bonchev–Trinajstić information content (AvgIpc) is 3.23. The zero-order valence-electron chi connectivity index (χ0n) is 39.1. The summed E-state index contributed by atoms with van der Waals surface area (Å²) in [6.45, 7) is 21.3. The highest BCUT2D eigenvalue weighted by Gasteiger charge is 2.28. The SMILES string of the molecule is CC(=O)C(=O)Nc1ccc(N2CCNCC2)c(F)c1.CC(C)(C)OC(=O)N1CCN(c2ccc(N)cc2F)CC1.CCOC(=O)Nc1ccc(N2CCN(C(=O)OC(C)(C)C)CC2)c(F)c1.[HH]. The number of hydrogen-bond donors (Lipinski definition) is 4. The number of hydrogen-bond acceptors (Lipinski definition) is 13. The van der Waals surface area contributed by atoms with Crippen LogP contribution in [0.2, 0.25) is 0 Å². The van der Waals surface area contributed by atoms with E-state index < -0.39 is 40.6 Å². The van der Waals surface area contributed by atoms with Gasteiger partial charge < -0.3 is 55.1 Å². The summed E-state index contributed by atoms with van der Waals surface area (Å²) in [5.74, 6) is -2.52. The van der Waals surface area contributed by atoms with E-state index in [0.29, 0.717) is 80.8 Å². The van der Waals surface area contributed by atoms with E-state index in [4.69, 9.17) is 19.9 Å². The van der Waals surface area contributed by atoms with Gasteiger partial charge in [-0.3, -0.25) is 14.9 Å². The molecule has 0 aromatic heterocycles. The molecular formula is C46H66F3N9O8. The molecule has 0 aliphatic carbocycles. The second-order valence-electron chi connectivity index (χ2n) is 17.5. The number of piperazine rings is 3. The lowest BCUT2D eigenvalue weighted by atomic mass is 10.2. The lowest BCUT2D eigenvalue weighted by Crippen LogP contribution is -2.50. The second kappa shape index (κ2) is 23.7. The molecule has 0 radical (unpaired) electrons. The van der Waals surface area contributed by atoms with Crippen molar-refractivity contribution in [3.05, 3.63) is 72.0 Å². The molecule has 5 N–H and O–H groups in total. The number of carbonyl (C=O) groups excluding carboxylic acids is 5. The number of carbonyl (C=O) groups is 5. The fourth-order valence-corrected chi connectivity index (χ4v) is 6.78. The van der Waals surface area contributed by atoms with Crippen molar-refractivity contribution in [1.82, 2.24) is 15.1 Å². The molecule has 364 valence electrons. The van der Waals surface area contributed by atoms with Crippen LogP contribution in [0, 0.1) is 17.5 Å². The van der Waals surface area contributed by atoms with Gasteiger partial charge >= 0.3 is 18.3 Å². The third-order valence-electron chi connectivity index (χ3n) is 9.97. The van der Waals surface area contributed by atoms with Crippen molar-refractivity contribution >= 4 is 64.1 Å². The van der Waals surface area contributed by atoms with Crippen LogP contribution in [-0.4, -0.2) is 136 Å². The van der Waals surface area contributed by atoms with Crippen LogP contribution in [0.4, 0.5) is 61.7 Å². The summed E-state index contributed by atoms with van der Waals surface area (Å²) in [6.07, 6.45) is -1.29. The van der Waals surface area contributed by atoms with Crippen LogP contribution in [0.3, 0.4) is 0 Å². The van der Waals surface area contributed by atoms with Gasteiger partial charge in [-0.15, -0.1) is 0 Å². The zero-order valence-corrected chi connectivity index (χ0v) is 39.1. The van der Waals surface area contributed by atoms with Gasteiger partial charge in [-0.05, 0) is 103 Å². The van der Waals surface area contributed by atoms with Gasteiger partial charge in [0.25, 0.3) is 5.91 Å². The van der Waals surface area contributed by atoms with Gasteiger partial charge in [0.1, 0.15) is 28.7 Å². The largest absolute Gasteiger partial charge is 0.450 e. The molecule has 6 rings (SSSR count). The van der Waals surface area contributed by atoms with Gasteiger partial charge in [0.05, 0.1) is 23.7 Å². The summed E-state index contributed by atoms with van der Waals surface area (Å²) >= 11 is 0. The van der Waals surface area contributed by atoms with Gasteiger partial charge in [-0.2, -0.15) is 0 Å². The van der Waals surface area contributed by atoms with Crippen LogP contribution in [-0.2, 0) is 23.8 Å². The number of ether oxygens (including phenoxy) is 3. The van der Waals surface area contributed by atoms with Crippen molar-refractivity contribution in [1.29, 1.82) is 0 Å². The highest BCUT2D eigenvalue weighted by molar-refractivity contribution is 6.39. The van der Waals surface area contributed by atoms with Gasteiger partial charge in [0.2, 0.25) is 5.78 Å². The van der Waals surface area contributed by atoms with Crippen molar-refractivity contribution in [2.24, 2.45) is 0 Å². The Morgan fingerprint density at radius 3 is 1.39 bits per heavy atom. The molecule has 0 atom stereocenters. The van der Waals surface area contributed by atoms with Crippen LogP contribution in [0.5, 0.6) is 0 Å². The quantitative estimate of drug-likeness (QED) is 0.109. The molecule has 3 heterocycles. The third-order valence-corrected chi connectivity index (χ3v) is 9.97. The minimum atomic E-state index is -0.741. The number of nitrogen functional groups attached to an aromatic ring is 1. The number of nitrogens with one attached hydrogen (secondary N) is 3. The number of rotatable bonds is 7. The first-order valence-corrected chi connectivity index (χ1v) is 21.8. The normalized spacial score (nSPS) is 15.3. The molecule has 20 heteroatoms. The number of halogens is 3. The average molecular weight is 930 g/mol. The first-order valence-electron chi connectivity index (χ1n) is 21.8. The van der Waals surface area contributed by atoms with E-state index in [9.17, 15) is 37.1 Å². The van der Waals surface area contributed by atoms with Gasteiger partial charge in [-0.25, -0.2) is 27.6 Å². The smallest absolute Gasteiger partial charge is 0.411 e. The summed E-state index contributed by atoms with van der Waals surface area (Å²) < 4.78 is 57.7. The number of nitrogens with zero attached hydrogens (tertiary/aromatic N) is 5. The molecule has 0 bridgehead atoms. The topological polar surface area (TPSA) is 191 Å². The molecule has 0 spiro atoms. The van der Waals surface area contributed by atoms with E-state index >= 15 is 0 Å². The number of Topliss-reactive ketones (excluding diaryl/α,β-unsaturated/α-hetero) is 1. The Balaban J connectivity index is 0.000000268. The predicted molar refractivity (Wildman–Crippen MR) is 251 cm³/mol. The van der Waals surface area contributed by atoms with E-state index in [1.165, 1.54) is 25.1 Å². The second-order valence-corrected chi connectivity index (χ2v) is 17.5. The maximum Gasteiger partial charge on any atom is 0.411 e. The highest BCUT2D eigenvalue weighted by Crippen LogP contribution is 2.27. The van der Waals surface area contributed by atoms with Crippen molar-refractivity contribution in [2.75, 3.05) is 116 Å². The fourth-order valence-electron chi connectivity index (χ4n) is 6.78. The summed E-state index contributed by atoms with van der Waals surface area (Å²) in [5, 5.41) is 8.02. The number of amides is 4. The van der Waals surface area contributed by atoms with Crippen LogP contribution in [0.25, 0.3) is 0 Å². The van der Waals surface area contributed by atoms with E-state index in [1.54, 1.807) is 53.1 Å². The van der Waals surface area contributed by atoms with Gasteiger partial charge in [0.15, 0.2) is 0 Å². The number of nitrogens with two attached hydrogens (primary N) is 1. The first kappa shape index (κ1) is 52.2. The predicted octanol–water partition coefficient (Wildman–Crippen LogP) is 6.93. The van der Waals surface area contributed by atoms with Gasteiger partial charge in [-0.1, -0.05) is 0 Å². The molecule has 0 unspecified atom stereocenters. The minimum Gasteiger partial charge on any atom is -0.450 e. The van der Waals surface area contributed by atoms with Crippen molar-refractivity contribution in [2.45, 2.75) is 66.6 Å². The van der Waals surface area contributed by atoms with Crippen LogP contribution in [0.15, 0.2) is 54.6 Å². The Morgan fingerprint density at radius 2 is 1.02 bits per heavy atom. The molecule has 3 aliphatic rings. The molecule has 3 aliphatic heterocycles. The lowest BCUT2D eigenvalue weighted by Gasteiger charge is -2.36. The first-order chi connectivity index (χ1) is 31.0. The van der Waals surface area contributed by atoms with Gasteiger partial charge in [0, 0.05) is 104 Å². The Morgan fingerprint density at radius 1 is 0.621 bits per heavy atom. The lowest BCUT2D eigenvalue weighted by molar-refractivity contribution is -0.133. The molecule has 17 nitrogen and oxygen atoms in total. The number of ketones is 1. The van der Waals surface area contributed by atoms with E-state index in [2.05, 4.69) is 16.0 Å². The van der Waals surface area contributed by atoms with E-state index in [0.717, 1.165) is 26.2 Å². The molecule has 66 heavy (non-hydrogen) atoms. The fraction of sp³-hybridized carbons (Fsp3) is 0.500. The molecule has 3 aromatic carbocycles. The molecule has 3 saturated heterocycles. The maximum absolute atomic E-state index is 14.4. The Kier molecular flexibility index (Phi) is 18.7. The molecule has 0 saturated carbocycles. The third kappa shape index (κ3) is 16.5.